The Bertz CT molecular complexity index is 319. The van der Waals surface area contributed by atoms with E-state index in [0.717, 1.165) is 30.9 Å². The van der Waals surface area contributed by atoms with Gasteiger partial charge in [0.15, 0.2) is 0 Å². The zero-order chi connectivity index (χ0) is 14.1. The van der Waals surface area contributed by atoms with Gasteiger partial charge in [-0.1, -0.05) is 27.7 Å². The average molecular weight is 284 g/mol. The molecular formula is C15H28N2OS. The number of amides is 1. The minimum atomic E-state index is 0.00639. The topological polar surface area (TPSA) is 41.1 Å². The number of carbonyl (C=O) groups excluding carboxylic acids is 1. The molecule has 1 heterocycles. The highest BCUT2D eigenvalue weighted by Gasteiger charge is 2.39. The first-order valence-electron chi connectivity index (χ1n) is 7.39. The van der Waals surface area contributed by atoms with E-state index in [1.54, 1.807) is 0 Å². The SMILES string of the molecule is CC1(C)CC(NC(=O)C2CSCCN2)CC(C)(C)C1. The fourth-order valence-corrected chi connectivity index (χ4v) is 4.92. The molecule has 1 aliphatic carbocycles. The Kier molecular flexibility index (Phi) is 4.51. The van der Waals surface area contributed by atoms with Gasteiger partial charge in [0.2, 0.25) is 5.91 Å². The molecule has 0 spiro atoms. The largest absolute Gasteiger partial charge is 0.352 e. The highest BCUT2D eigenvalue weighted by atomic mass is 32.2. The van der Waals surface area contributed by atoms with Crippen molar-refractivity contribution in [3.63, 3.8) is 0 Å². The van der Waals surface area contributed by atoms with Crippen molar-refractivity contribution in [2.75, 3.05) is 18.1 Å². The molecule has 2 rings (SSSR count). The monoisotopic (exact) mass is 284 g/mol. The second kappa shape index (κ2) is 5.65. The number of carbonyl (C=O) groups is 1. The van der Waals surface area contributed by atoms with Crippen molar-refractivity contribution >= 4 is 17.7 Å². The second-order valence-corrected chi connectivity index (χ2v) is 8.85. The lowest BCUT2D eigenvalue weighted by molar-refractivity contribution is -0.124. The first-order valence-corrected chi connectivity index (χ1v) is 8.54. The maximum Gasteiger partial charge on any atom is 0.238 e. The van der Waals surface area contributed by atoms with E-state index in [1.807, 2.05) is 11.8 Å². The molecule has 2 N–H and O–H groups in total. The Morgan fingerprint density at radius 2 is 1.84 bits per heavy atom. The van der Waals surface area contributed by atoms with Crippen molar-refractivity contribution in [2.45, 2.75) is 59.0 Å². The first kappa shape index (κ1) is 15.2. The molecule has 4 heteroatoms. The van der Waals surface area contributed by atoms with E-state index in [-0.39, 0.29) is 11.9 Å². The van der Waals surface area contributed by atoms with E-state index in [2.05, 4.69) is 38.3 Å². The van der Waals surface area contributed by atoms with Crippen LogP contribution >= 0.6 is 11.8 Å². The van der Waals surface area contributed by atoms with Gasteiger partial charge in [-0.15, -0.1) is 0 Å². The Balaban J connectivity index is 1.92. The summed E-state index contributed by atoms with van der Waals surface area (Å²) in [5.74, 6) is 2.23. The molecule has 1 saturated heterocycles. The molecule has 19 heavy (non-hydrogen) atoms. The molecule has 2 fully saturated rings. The van der Waals surface area contributed by atoms with Crippen LogP contribution in [0, 0.1) is 10.8 Å². The maximum atomic E-state index is 12.3. The van der Waals surface area contributed by atoms with Crippen molar-refractivity contribution in [1.82, 2.24) is 10.6 Å². The number of rotatable bonds is 2. The minimum Gasteiger partial charge on any atom is -0.352 e. The lowest BCUT2D eigenvalue weighted by atomic mass is 9.63. The van der Waals surface area contributed by atoms with Crippen LogP contribution in [0.3, 0.4) is 0 Å². The average Bonchev–Trinajstić information content (AvgIpc) is 2.25. The van der Waals surface area contributed by atoms with Gasteiger partial charge in [0.05, 0.1) is 6.04 Å². The molecule has 0 aromatic rings. The Morgan fingerprint density at radius 1 is 1.21 bits per heavy atom. The van der Waals surface area contributed by atoms with Crippen LogP contribution in [-0.4, -0.2) is 36.0 Å². The summed E-state index contributed by atoms with van der Waals surface area (Å²) in [6, 6.07) is 0.340. The van der Waals surface area contributed by atoms with Gasteiger partial charge in [-0.05, 0) is 30.1 Å². The predicted molar refractivity (Wildman–Crippen MR) is 82.5 cm³/mol. The molecule has 0 radical (unpaired) electrons. The summed E-state index contributed by atoms with van der Waals surface area (Å²) in [6.07, 6.45) is 3.44. The summed E-state index contributed by atoms with van der Waals surface area (Å²) in [5, 5.41) is 6.60. The number of hydrogen-bond acceptors (Lipinski definition) is 3. The molecule has 1 unspecified atom stereocenters. The van der Waals surface area contributed by atoms with Gasteiger partial charge >= 0.3 is 0 Å². The van der Waals surface area contributed by atoms with Crippen molar-refractivity contribution in [2.24, 2.45) is 10.8 Å². The van der Waals surface area contributed by atoms with E-state index < -0.39 is 0 Å². The zero-order valence-corrected chi connectivity index (χ0v) is 13.5. The molecule has 1 aliphatic heterocycles. The van der Waals surface area contributed by atoms with Crippen LogP contribution in [0.1, 0.15) is 47.0 Å². The fourth-order valence-electron chi connectivity index (χ4n) is 3.98. The maximum absolute atomic E-state index is 12.3. The fraction of sp³-hybridized carbons (Fsp3) is 0.933. The smallest absolute Gasteiger partial charge is 0.238 e. The van der Waals surface area contributed by atoms with Gasteiger partial charge in [-0.3, -0.25) is 4.79 Å². The lowest BCUT2D eigenvalue weighted by Gasteiger charge is -2.45. The Hall–Kier alpha value is -0.220. The zero-order valence-electron chi connectivity index (χ0n) is 12.7. The summed E-state index contributed by atoms with van der Waals surface area (Å²) in [7, 11) is 0. The van der Waals surface area contributed by atoms with Crippen LogP contribution < -0.4 is 10.6 Å². The summed E-state index contributed by atoms with van der Waals surface area (Å²) in [6.45, 7) is 10.2. The quantitative estimate of drug-likeness (QED) is 0.818. The van der Waals surface area contributed by atoms with Crippen LogP contribution in [0.15, 0.2) is 0 Å². The van der Waals surface area contributed by atoms with Gasteiger partial charge in [0, 0.05) is 24.1 Å². The van der Waals surface area contributed by atoms with Crippen LogP contribution in [0.2, 0.25) is 0 Å². The third-order valence-electron chi connectivity index (χ3n) is 4.14. The van der Waals surface area contributed by atoms with Crippen molar-refractivity contribution in [1.29, 1.82) is 0 Å². The van der Waals surface area contributed by atoms with E-state index >= 15 is 0 Å². The van der Waals surface area contributed by atoms with Crippen LogP contribution in [0.5, 0.6) is 0 Å². The second-order valence-electron chi connectivity index (χ2n) is 7.70. The van der Waals surface area contributed by atoms with Gasteiger partial charge in [0.25, 0.3) is 0 Å². The summed E-state index contributed by atoms with van der Waals surface area (Å²) < 4.78 is 0. The molecule has 0 aromatic carbocycles. The standard InChI is InChI=1S/C15H28N2OS/c1-14(2)7-11(8-15(3,4)10-14)17-13(18)12-9-19-6-5-16-12/h11-12,16H,5-10H2,1-4H3,(H,17,18). The normalized spacial score (nSPS) is 30.8. The Labute approximate surface area is 121 Å². The van der Waals surface area contributed by atoms with E-state index in [4.69, 9.17) is 0 Å². The molecule has 3 nitrogen and oxygen atoms in total. The highest BCUT2D eigenvalue weighted by Crippen LogP contribution is 2.45. The van der Waals surface area contributed by atoms with Gasteiger partial charge in [-0.2, -0.15) is 11.8 Å². The molecule has 1 atom stereocenters. The van der Waals surface area contributed by atoms with Crippen molar-refractivity contribution in [3.05, 3.63) is 0 Å². The predicted octanol–water partition coefficient (Wildman–Crippen LogP) is 2.41. The van der Waals surface area contributed by atoms with Crippen LogP contribution in [0.4, 0.5) is 0 Å². The first-order chi connectivity index (χ1) is 8.77. The molecule has 110 valence electrons. The van der Waals surface area contributed by atoms with Gasteiger partial charge in [0.1, 0.15) is 0 Å². The molecule has 0 bridgehead atoms. The highest BCUT2D eigenvalue weighted by molar-refractivity contribution is 7.99. The molecular weight excluding hydrogens is 256 g/mol. The molecule has 2 aliphatic rings. The van der Waals surface area contributed by atoms with E-state index in [0.29, 0.717) is 16.9 Å². The third-order valence-corrected chi connectivity index (χ3v) is 5.20. The summed E-state index contributed by atoms with van der Waals surface area (Å²) in [5.41, 5.74) is 0.656. The molecule has 1 saturated carbocycles. The van der Waals surface area contributed by atoms with Crippen molar-refractivity contribution in [3.8, 4) is 0 Å². The van der Waals surface area contributed by atoms with Crippen LogP contribution in [0.25, 0.3) is 0 Å². The van der Waals surface area contributed by atoms with Crippen molar-refractivity contribution < 1.29 is 4.79 Å². The minimum absolute atomic E-state index is 0.00639. The number of nitrogens with one attached hydrogen (secondary N) is 2. The van der Waals surface area contributed by atoms with E-state index in [9.17, 15) is 4.79 Å². The molecule has 0 aromatic heterocycles. The third kappa shape index (κ3) is 4.38. The lowest BCUT2D eigenvalue weighted by Crippen LogP contribution is -2.54. The summed E-state index contributed by atoms with van der Waals surface area (Å²) >= 11 is 1.87. The summed E-state index contributed by atoms with van der Waals surface area (Å²) in [4.78, 5) is 12.3. The van der Waals surface area contributed by atoms with Crippen LogP contribution in [-0.2, 0) is 4.79 Å². The number of hydrogen-bond donors (Lipinski definition) is 2. The Morgan fingerprint density at radius 3 is 2.37 bits per heavy atom. The molecule has 1 amide bonds. The van der Waals surface area contributed by atoms with E-state index in [1.165, 1.54) is 6.42 Å². The van der Waals surface area contributed by atoms with Gasteiger partial charge < -0.3 is 10.6 Å². The van der Waals surface area contributed by atoms with Gasteiger partial charge in [-0.25, -0.2) is 0 Å². The number of thioether (sulfide) groups is 1.